The summed E-state index contributed by atoms with van der Waals surface area (Å²) in [5.41, 5.74) is 1.19. The number of nitriles is 1. The average Bonchev–Trinajstić information content (AvgIpc) is 2.68. The number of allylic oxidation sites excluding steroid dienone is 1. The Kier molecular flexibility index (Phi) is 6.49. The summed E-state index contributed by atoms with van der Waals surface area (Å²) in [4.78, 5) is 24.3. The Morgan fingerprint density at radius 1 is 1.29 bits per heavy atom. The SMILES string of the molecule is N#CC1=C(SCC(=O)Nc2ccc(Br)cc2)NC(=O)C[C@@H]1c1ccccc1F. The van der Waals surface area contributed by atoms with Crippen molar-refractivity contribution in [2.45, 2.75) is 12.3 Å². The Labute approximate surface area is 174 Å². The zero-order valence-electron chi connectivity index (χ0n) is 14.5. The molecule has 2 N–H and O–H groups in total. The lowest BCUT2D eigenvalue weighted by molar-refractivity contribution is -0.121. The molecule has 0 bridgehead atoms. The monoisotopic (exact) mass is 459 g/mol. The van der Waals surface area contributed by atoms with Crippen LogP contribution in [0.2, 0.25) is 0 Å². The zero-order valence-corrected chi connectivity index (χ0v) is 16.9. The maximum atomic E-state index is 14.2. The largest absolute Gasteiger partial charge is 0.325 e. The summed E-state index contributed by atoms with van der Waals surface area (Å²) in [6.07, 6.45) is -0.0149. The first-order valence-electron chi connectivity index (χ1n) is 8.34. The molecule has 2 amide bonds. The molecule has 28 heavy (non-hydrogen) atoms. The van der Waals surface area contributed by atoms with Crippen LogP contribution in [-0.2, 0) is 9.59 Å². The standard InChI is InChI=1S/C20H15BrFN3O2S/c21-12-5-7-13(8-6-12)24-19(27)11-28-20-16(10-23)15(9-18(26)25-20)14-3-1-2-4-17(14)22/h1-8,15H,9,11H2,(H,24,27)(H,25,26)/t15-/m1/s1. The van der Waals surface area contributed by atoms with E-state index in [2.05, 4.69) is 32.6 Å². The van der Waals surface area contributed by atoms with Crippen LogP contribution in [-0.4, -0.2) is 17.6 Å². The van der Waals surface area contributed by atoms with E-state index in [0.717, 1.165) is 16.2 Å². The number of halogens is 2. The van der Waals surface area contributed by atoms with Gasteiger partial charge in [-0.15, -0.1) is 0 Å². The number of hydrogen-bond donors (Lipinski definition) is 2. The molecule has 8 heteroatoms. The minimum atomic E-state index is -0.669. The quantitative estimate of drug-likeness (QED) is 0.698. The average molecular weight is 460 g/mol. The molecular formula is C20H15BrFN3O2S. The number of anilines is 1. The van der Waals surface area contributed by atoms with Crippen molar-refractivity contribution in [1.29, 1.82) is 5.26 Å². The first-order chi connectivity index (χ1) is 13.5. The fourth-order valence-corrected chi connectivity index (χ4v) is 3.97. The van der Waals surface area contributed by atoms with Gasteiger partial charge in [-0.25, -0.2) is 4.39 Å². The topological polar surface area (TPSA) is 82.0 Å². The van der Waals surface area contributed by atoms with Crippen LogP contribution in [0.1, 0.15) is 17.9 Å². The second-order valence-corrected chi connectivity index (χ2v) is 7.93. The van der Waals surface area contributed by atoms with Crippen molar-refractivity contribution in [2.75, 3.05) is 11.1 Å². The van der Waals surface area contributed by atoms with Gasteiger partial charge in [0.1, 0.15) is 5.82 Å². The molecule has 1 aliphatic heterocycles. The van der Waals surface area contributed by atoms with Gasteiger partial charge >= 0.3 is 0 Å². The van der Waals surface area contributed by atoms with E-state index >= 15 is 0 Å². The number of carbonyl (C=O) groups is 2. The lowest BCUT2D eigenvalue weighted by Crippen LogP contribution is -2.31. The van der Waals surface area contributed by atoms with Crippen LogP contribution in [0.4, 0.5) is 10.1 Å². The van der Waals surface area contributed by atoms with E-state index < -0.39 is 11.7 Å². The van der Waals surface area contributed by atoms with Gasteiger partial charge in [-0.05, 0) is 35.9 Å². The lowest BCUT2D eigenvalue weighted by Gasteiger charge is -2.25. The fourth-order valence-electron chi connectivity index (χ4n) is 2.82. The van der Waals surface area contributed by atoms with Crippen LogP contribution >= 0.6 is 27.7 Å². The third-order valence-corrected chi connectivity index (χ3v) is 5.66. The van der Waals surface area contributed by atoms with Gasteiger partial charge in [-0.3, -0.25) is 9.59 Å². The van der Waals surface area contributed by atoms with E-state index in [-0.39, 0.29) is 34.6 Å². The maximum Gasteiger partial charge on any atom is 0.234 e. The van der Waals surface area contributed by atoms with Crippen molar-refractivity contribution >= 4 is 45.2 Å². The van der Waals surface area contributed by atoms with Crippen molar-refractivity contribution in [3.05, 3.63) is 75.0 Å². The van der Waals surface area contributed by atoms with Crippen molar-refractivity contribution in [1.82, 2.24) is 5.32 Å². The molecule has 2 aromatic rings. The molecule has 5 nitrogen and oxygen atoms in total. The molecule has 0 aromatic heterocycles. The van der Waals surface area contributed by atoms with E-state index in [4.69, 9.17) is 0 Å². The summed E-state index contributed by atoms with van der Waals surface area (Å²) >= 11 is 4.37. The minimum Gasteiger partial charge on any atom is -0.325 e. The Bertz CT molecular complexity index is 986. The first-order valence-corrected chi connectivity index (χ1v) is 10.1. The molecule has 0 saturated heterocycles. The van der Waals surface area contributed by atoms with Gasteiger partial charge in [-0.1, -0.05) is 45.9 Å². The number of hydrogen-bond acceptors (Lipinski definition) is 4. The Morgan fingerprint density at radius 3 is 2.68 bits per heavy atom. The molecule has 0 radical (unpaired) electrons. The second kappa shape index (κ2) is 9.04. The Hall–Kier alpha value is -2.63. The smallest absolute Gasteiger partial charge is 0.234 e. The molecule has 0 unspecified atom stereocenters. The summed E-state index contributed by atoms with van der Waals surface area (Å²) in [5.74, 6) is -1.73. The second-order valence-electron chi connectivity index (χ2n) is 6.02. The summed E-state index contributed by atoms with van der Waals surface area (Å²) < 4.78 is 15.1. The zero-order chi connectivity index (χ0) is 20.1. The highest BCUT2D eigenvalue weighted by atomic mass is 79.9. The molecule has 0 aliphatic carbocycles. The van der Waals surface area contributed by atoms with Crippen molar-refractivity contribution < 1.29 is 14.0 Å². The number of rotatable bonds is 5. The van der Waals surface area contributed by atoms with E-state index in [0.29, 0.717) is 11.3 Å². The normalized spacial score (nSPS) is 16.3. The predicted octanol–water partition coefficient (Wildman–Crippen LogP) is 4.30. The summed E-state index contributed by atoms with van der Waals surface area (Å²) in [5, 5.41) is 15.3. The number of amides is 2. The fraction of sp³-hybridized carbons (Fsp3) is 0.150. The third-order valence-electron chi connectivity index (χ3n) is 4.11. The molecule has 2 aromatic carbocycles. The first kappa shape index (κ1) is 20.1. The van der Waals surface area contributed by atoms with Gasteiger partial charge in [0.2, 0.25) is 11.8 Å². The molecule has 1 heterocycles. The highest BCUT2D eigenvalue weighted by Gasteiger charge is 2.31. The summed E-state index contributed by atoms with van der Waals surface area (Å²) in [7, 11) is 0. The van der Waals surface area contributed by atoms with Crippen LogP contribution in [0, 0.1) is 17.1 Å². The molecule has 1 atom stereocenters. The number of thioether (sulfide) groups is 1. The predicted molar refractivity (Wildman–Crippen MR) is 110 cm³/mol. The van der Waals surface area contributed by atoms with E-state index in [1.54, 1.807) is 42.5 Å². The lowest BCUT2D eigenvalue weighted by atomic mass is 9.87. The summed E-state index contributed by atoms with van der Waals surface area (Å²) in [6, 6.07) is 15.3. The highest BCUT2D eigenvalue weighted by Crippen LogP contribution is 2.36. The molecule has 0 saturated carbocycles. The van der Waals surface area contributed by atoms with Crippen molar-refractivity contribution in [3.63, 3.8) is 0 Å². The van der Waals surface area contributed by atoms with Crippen molar-refractivity contribution in [3.8, 4) is 6.07 Å². The molecule has 142 valence electrons. The van der Waals surface area contributed by atoms with Crippen LogP contribution in [0.15, 0.2) is 63.6 Å². The number of nitrogens with one attached hydrogen (secondary N) is 2. The number of carbonyl (C=O) groups excluding carboxylic acids is 2. The van der Waals surface area contributed by atoms with E-state index in [1.807, 2.05) is 0 Å². The van der Waals surface area contributed by atoms with Crippen LogP contribution in [0.25, 0.3) is 0 Å². The van der Waals surface area contributed by atoms with Crippen LogP contribution < -0.4 is 10.6 Å². The Balaban J connectivity index is 1.76. The van der Waals surface area contributed by atoms with Gasteiger partial charge in [0.25, 0.3) is 0 Å². The number of benzene rings is 2. The van der Waals surface area contributed by atoms with Crippen molar-refractivity contribution in [2.24, 2.45) is 0 Å². The molecule has 0 fully saturated rings. The van der Waals surface area contributed by atoms with Gasteiger partial charge in [0.15, 0.2) is 0 Å². The van der Waals surface area contributed by atoms with Gasteiger partial charge in [0, 0.05) is 22.5 Å². The van der Waals surface area contributed by atoms with Gasteiger partial charge in [0.05, 0.1) is 22.4 Å². The maximum absolute atomic E-state index is 14.2. The van der Waals surface area contributed by atoms with Gasteiger partial charge in [-0.2, -0.15) is 5.26 Å². The van der Waals surface area contributed by atoms with Crippen LogP contribution in [0.3, 0.4) is 0 Å². The molecular weight excluding hydrogens is 445 g/mol. The Morgan fingerprint density at radius 2 is 2.00 bits per heavy atom. The summed E-state index contributed by atoms with van der Waals surface area (Å²) in [6.45, 7) is 0. The van der Waals surface area contributed by atoms with Crippen LogP contribution in [0.5, 0.6) is 0 Å². The highest BCUT2D eigenvalue weighted by molar-refractivity contribution is 9.10. The molecule has 3 rings (SSSR count). The van der Waals surface area contributed by atoms with E-state index in [1.165, 1.54) is 6.07 Å². The molecule has 0 spiro atoms. The van der Waals surface area contributed by atoms with E-state index in [9.17, 15) is 19.2 Å². The van der Waals surface area contributed by atoms with Gasteiger partial charge < -0.3 is 10.6 Å². The minimum absolute atomic E-state index is 0.000842. The molecule has 1 aliphatic rings. The third kappa shape index (κ3) is 4.80. The number of nitrogens with zero attached hydrogens (tertiary/aromatic N) is 1.